The molecular weight excluding hydrogens is 325 g/mol. The summed E-state index contributed by atoms with van der Waals surface area (Å²) in [6, 6.07) is 5.60. The molecule has 8 heteroatoms. The number of benzene rings is 2. The van der Waals surface area contributed by atoms with Crippen LogP contribution in [0.25, 0.3) is 0 Å². The highest BCUT2D eigenvalue weighted by atomic mass is 19.1. The first-order valence-electron chi connectivity index (χ1n) is 6.80. The molecule has 2 aromatic carbocycles. The Morgan fingerprint density at radius 2 is 1.71 bits per heavy atom. The Bertz CT molecular complexity index is 796. The minimum atomic E-state index is -1.32. The van der Waals surface area contributed by atoms with Crippen LogP contribution in [0.2, 0.25) is 0 Å². The van der Waals surface area contributed by atoms with Crippen molar-refractivity contribution in [1.82, 2.24) is 0 Å². The van der Waals surface area contributed by atoms with E-state index in [1.807, 2.05) is 0 Å². The maximum absolute atomic E-state index is 13.5. The van der Waals surface area contributed by atoms with Crippen LogP contribution in [0.1, 0.15) is 17.3 Å². The third-order valence-electron chi connectivity index (χ3n) is 3.07. The number of anilines is 2. The predicted octanol–water partition coefficient (Wildman–Crippen LogP) is 2.87. The van der Waals surface area contributed by atoms with Crippen molar-refractivity contribution in [2.45, 2.75) is 13.0 Å². The molecule has 0 fully saturated rings. The van der Waals surface area contributed by atoms with Crippen LogP contribution in [0.3, 0.4) is 0 Å². The number of amides is 1. The van der Waals surface area contributed by atoms with Crippen molar-refractivity contribution in [2.75, 3.05) is 11.1 Å². The topological polar surface area (TPSA) is 81.4 Å². The number of carbonyl (C=O) groups is 2. The van der Waals surface area contributed by atoms with Crippen LogP contribution in [-0.2, 0) is 9.53 Å². The molecule has 5 nitrogen and oxygen atoms in total. The normalized spacial score (nSPS) is 11.7. The zero-order valence-electron chi connectivity index (χ0n) is 12.5. The van der Waals surface area contributed by atoms with Gasteiger partial charge in [-0.3, -0.25) is 4.79 Å². The fourth-order valence-corrected chi connectivity index (χ4v) is 1.82. The Hall–Kier alpha value is -3.03. The number of hydrogen-bond acceptors (Lipinski definition) is 4. The average Bonchev–Trinajstić information content (AvgIpc) is 2.50. The lowest BCUT2D eigenvalue weighted by Crippen LogP contribution is -2.30. The van der Waals surface area contributed by atoms with Crippen LogP contribution in [-0.4, -0.2) is 18.0 Å². The summed E-state index contributed by atoms with van der Waals surface area (Å²) in [6.07, 6.45) is -1.32. The highest BCUT2D eigenvalue weighted by molar-refractivity contribution is 5.99. The fourth-order valence-electron chi connectivity index (χ4n) is 1.82. The second kappa shape index (κ2) is 7.03. The van der Waals surface area contributed by atoms with Gasteiger partial charge in [-0.05, 0) is 37.3 Å². The third-order valence-corrected chi connectivity index (χ3v) is 3.07. The van der Waals surface area contributed by atoms with Gasteiger partial charge < -0.3 is 15.8 Å². The predicted molar refractivity (Wildman–Crippen MR) is 80.7 cm³/mol. The number of ether oxygens (including phenoxy) is 1. The summed E-state index contributed by atoms with van der Waals surface area (Å²) in [5.74, 6) is -4.03. The molecule has 0 aliphatic heterocycles. The smallest absolute Gasteiger partial charge is 0.341 e. The molecule has 0 spiro atoms. The molecule has 24 heavy (non-hydrogen) atoms. The van der Waals surface area contributed by atoms with Crippen LogP contribution < -0.4 is 11.1 Å². The monoisotopic (exact) mass is 338 g/mol. The second-order valence-corrected chi connectivity index (χ2v) is 4.89. The van der Waals surface area contributed by atoms with E-state index in [4.69, 9.17) is 10.5 Å². The number of carbonyl (C=O) groups excluding carboxylic acids is 2. The maximum Gasteiger partial charge on any atom is 0.341 e. The molecular formula is C16H13F3N2O3. The highest BCUT2D eigenvalue weighted by Crippen LogP contribution is 2.18. The SMILES string of the molecule is C[C@H](OC(=O)c1ccc(F)cc1N)C(=O)Nc1cc(F)ccc1F. The van der Waals surface area contributed by atoms with Crippen LogP contribution in [0, 0.1) is 17.5 Å². The minimum Gasteiger partial charge on any atom is -0.449 e. The van der Waals surface area contributed by atoms with Gasteiger partial charge in [0.05, 0.1) is 11.3 Å². The molecule has 0 radical (unpaired) electrons. The molecule has 0 saturated heterocycles. The molecule has 2 rings (SSSR count). The van der Waals surface area contributed by atoms with E-state index in [-0.39, 0.29) is 16.9 Å². The van der Waals surface area contributed by atoms with E-state index >= 15 is 0 Å². The second-order valence-electron chi connectivity index (χ2n) is 4.89. The molecule has 1 atom stereocenters. The van der Waals surface area contributed by atoms with E-state index in [1.165, 1.54) is 6.92 Å². The van der Waals surface area contributed by atoms with Crippen molar-refractivity contribution in [1.29, 1.82) is 0 Å². The summed E-state index contributed by atoms with van der Waals surface area (Å²) in [7, 11) is 0. The molecule has 1 amide bonds. The number of rotatable bonds is 4. The standard InChI is InChI=1S/C16H13F3N2O3/c1-8(15(22)21-14-7-10(18)3-5-12(14)19)24-16(23)11-4-2-9(17)6-13(11)20/h2-8H,20H2,1H3,(H,21,22)/t8-/m0/s1. The lowest BCUT2D eigenvalue weighted by atomic mass is 10.2. The molecule has 0 bridgehead atoms. The molecule has 0 aliphatic rings. The third kappa shape index (κ3) is 4.03. The van der Waals surface area contributed by atoms with Crippen molar-refractivity contribution in [2.24, 2.45) is 0 Å². The Labute approximate surface area is 135 Å². The highest BCUT2D eigenvalue weighted by Gasteiger charge is 2.21. The quantitative estimate of drug-likeness (QED) is 0.663. The van der Waals surface area contributed by atoms with E-state index in [2.05, 4.69) is 5.32 Å². The zero-order valence-corrected chi connectivity index (χ0v) is 12.5. The Kier molecular flexibility index (Phi) is 5.08. The van der Waals surface area contributed by atoms with Gasteiger partial charge in [-0.2, -0.15) is 0 Å². The van der Waals surface area contributed by atoms with Crippen molar-refractivity contribution in [3.8, 4) is 0 Å². The van der Waals surface area contributed by atoms with Crippen molar-refractivity contribution in [3.05, 3.63) is 59.4 Å². The van der Waals surface area contributed by atoms with E-state index in [0.717, 1.165) is 36.4 Å². The van der Waals surface area contributed by atoms with E-state index in [0.29, 0.717) is 0 Å². The lowest BCUT2D eigenvalue weighted by Gasteiger charge is -2.14. The molecule has 0 aliphatic carbocycles. The zero-order chi connectivity index (χ0) is 17.9. The number of nitrogens with two attached hydrogens (primary N) is 1. The average molecular weight is 338 g/mol. The van der Waals surface area contributed by atoms with Gasteiger partial charge in [-0.25, -0.2) is 18.0 Å². The van der Waals surface area contributed by atoms with Crippen molar-refractivity contribution < 1.29 is 27.5 Å². The number of esters is 1. The summed E-state index contributed by atoms with van der Waals surface area (Å²) < 4.78 is 44.4. The first-order valence-corrected chi connectivity index (χ1v) is 6.80. The molecule has 0 aromatic heterocycles. The largest absolute Gasteiger partial charge is 0.449 e. The summed E-state index contributed by atoms with van der Waals surface area (Å²) >= 11 is 0. The Balaban J connectivity index is 2.05. The maximum atomic E-state index is 13.5. The lowest BCUT2D eigenvalue weighted by molar-refractivity contribution is -0.123. The number of nitrogens with one attached hydrogen (secondary N) is 1. The van der Waals surface area contributed by atoms with Crippen LogP contribution in [0.15, 0.2) is 36.4 Å². The number of halogens is 3. The fraction of sp³-hybridized carbons (Fsp3) is 0.125. The van der Waals surface area contributed by atoms with Crippen molar-refractivity contribution in [3.63, 3.8) is 0 Å². The Morgan fingerprint density at radius 3 is 2.38 bits per heavy atom. The van der Waals surface area contributed by atoms with Gasteiger partial charge in [0.2, 0.25) is 0 Å². The van der Waals surface area contributed by atoms with Crippen LogP contribution >= 0.6 is 0 Å². The summed E-state index contributed by atoms with van der Waals surface area (Å²) in [4.78, 5) is 23.8. The number of hydrogen-bond donors (Lipinski definition) is 2. The molecule has 3 N–H and O–H groups in total. The molecule has 0 saturated carbocycles. The summed E-state index contributed by atoms with van der Waals surface area (Å²) in [6.45, 7) is 1.24. The first-order chi connectivity index (χ1) is 11.3. The molecule has 126 valence electrons. The van der Waals surface area contributed by atoms with Gasteiger partial charge in [-0.15, -0.1) is 0 Å². The van der Waals surface area contributed by atoms with Gasteiger partial charge in [0, 0.05) is 11.8 Å². The molecule has 0 unspecified atom stereocenters. The van der Waals surface area contributed by atoms with Crippen LogP contribution in [0.4, 0.5) is 24.5 Å². The van der Waals surface area contributed by atoms with E-state index < -0.39 is 35.4 Å². The summed E-state index contributed by atoms with van der Waals surface area (Å²) in [5.41, 5.74) is 4.85. The first kappa shape index (κ1) is 17.3. The van der Waals surface area contributed by atoms with E-state index in [9.17, 15) is 22.8 Å². The minimum absolute atomic E-state index is 0.118. The summed E-state index contributed by atoms with van der Waals surface area (Å²) in [5, 5.41) is 2.11. The van der Waals surface area contributed by atoms with Gasteiger partial charge in [0.1, 0.15) is 17.5 Å². The Morgan fingerprint density at radius 1 is 1.08 bits per heavy atom. The molecule has 0 heterocycles. The van der Waals surface area contributed by atoms with Gasteiger partial charge in [0.15, 0.2) is 6.10 Å². The van der Waals surface area contributed by atoms with Crippen LogP contribution in [0.5, 0.6) is 0 Å². The molecule has 2 aromatic rings. The number of nitrogen functional groups attached to an aromatic ring is 1. The van der Waals surface area contributed by atoms with Gasteiger partial charge >= 0.3 is 5.97 Å². The van der Waals surface area contributed by atoms with Gasteiger partial charge in [0.25, 0.3) is 5.91 Å². The van der Waals surface area contributed by atoms with E-state index in [1.54, 1.807) is 0 Å². The van der Waals surface area contributed by atoms with Crippen molar-refractivity contribution >= 4 is 23.3 Å². The van der Waals surface area contributed by atoms with Gasteiger partial charge in [-0.1, -0.05) is 0 Å².